The number of anilines is 1. The Labute approximate surface area is 285 Å². The van der Waals surface area contributed by atoms with Crippen LogP contribution in [-0.4, -0.2) is 48.2 Å². The van der Waals surface area contributed by atoms with Gasteiger partial charge in [0.15, 0.2) is 0 Å². The highest BCUT2D eigenvalue weighted by Gasteiger charge is 2.35. The van der Waals surface area contributed by atoms with Crippen molar-refractivity contribution in [1.29, 1.82) is 0 Å². The minimum absolute atomic E-state index is 0.0818. The fourth-order valence-corrected chi connectivity index (χ4v) is 6.30. The van der Waals surface area contributed by atoms with E-state index in [0.29, 0.717) is 34.1 Å². The van der Waals surface area contributed by atoms with Gasteiger partial charge in [0.05, 0.1) is 41.6 Å². The van der Waals surface area contributed by atoms with Crippen LogP contribution in [0.1, 0.15) is 57.4 Å². The molecular formula is C36H34BrN7O4. The molecule has 0 unspecified atom stereocenters. The van der Waals surface area contributed by atoms with E-state index in [1.165, 1.54) is 10.8 Å². The highest BCUT2D eigenvalue weighted by atomic mass is 79.9. The van der Waals surface area contributed by atoms with Crippen molar-refractivity contribution in [1.82, 2.24) is 29.5 Å². The Morgan fingerprint density at radius 3 is 2.56 bits per heavy atom. The number of benzene rings is 3. The van der Waals surface area contributed by atoms with Gasteiger partial charge in [-0.05, 0) is 86.3 Å². The fraction of sp³-hybridized carbons (Fsp3) is 0.250. The Morgan fingerprint density at radius 1 is 1.06 bits per heavy atom. The van der Waals surface area contributed by atoms with Crippen molar-refractivity contribution in [2.75, 3.05) is 5.73 Å². The lowest BCUT2D eigenvalue weighted by atomic mass is 10.0. The number of hydrogen-bond acceptors (Lipinski definition) is 7. The number of rotatable bonds is 8. The monoisotopic (exact) mass is 707 g/mol. The largest absolute Gasteiger partial charge is 0.490 e. The number of ether oxygens (including phenoxy) is 1. The number of nitrogens with zero attached hydrogens (tertiary/aromatic N) is 5. The molecule has 0 saturated heterocycles. The van der Waals surface area contributed by atoms with Gasteiger partial charge < -0.3 is 20.7 Å². The summed E-state index contributed by atoms with van der Waals surface area (Å²) in [6, 6.07) is 21.6. The molecule has 2 amide bonds. The molecule has 7 rings (SSSR count). The smallest absolute Gasteiger partial charge is 0.333 e. The van der Waals surface area contributed by atoms with Crippen LogP contribution in [-0.2, 0) is 19.6 Å². The quantitative estimate of drug-likeness (QED) is 0.224. The Hall–Kier alpha value is -5.23. The van der Waals surface area contributed by atoms with Crippen molar-refractivity contribution in [2.24, 2.45) is 0 Å². The molecule has 1 aliphatic heterocycles. The third-order valence-corrected chi connectivity index (χ3v) is 9.64. The van der Waals surface area contributed by atoms with E-state index in [1.54, 1.807) is 33.7 Å². The summed E-state index contributed by atoms with van der Waals surface area (Å²) in [6.45, 7) is 4.31. The molecule has 3 heterocycles. The van der Waals surface area contributed by atoms with Crippen molar-refractivity contribution < 1.29 is 14.3 Å². The molecule has 0 radical (unpaired) electrons. The van der Waals surface area contributed by atoms with Crippen molar-refractivity contribution in [3.05, 3.63) is 122 Å². The highest BCUT2D eigenvalue weighted by molar-refractivity contribution is 9.10. The molecule has 1 atom stereocenters. The Kier molecular flexibility index (Phi) is 8.34. The number of amides is 2. The predicted octanol–water partition coefficient (Wildman–Crippen LogP) is 5.26. The van der Waals surface area contributed by atoms with E-state index in [1.807, 2.05) is 62.4 Å². The van der Waals surface area contributed by atoms with Crippen molar-refractivity contribution in [3.8, 4) is 22.7 Å². The van der Waals surface area contributed by atoms with Crippen molar-refractivity contribution in [2.45, 2.75) is 58.5 Å². The predicted molar refractivity (Wildman–Crippen MR) is 185 cm³/mol. The number of imidazole rings is 1. The van der Waals surface area contributed by atoms with E-state index in [0.717, 1.165) is 34.0 Å². The van der Waals surface area contributed by atoms with Gasteiger partial charge in [-0.25, -0.2) is 4.79 Å². The Balaban J connectivity index is 1.26. The molecule has 3 N–H and O–H groups in total. The van der Waals surface area contributed by atoms with Crippen LogP contribution in [0.25, 0.3) is 16.9 Å². The number of hydrogen-bond donors (Lipinski definition) is 2. The summed E-state index contributed by atoms with van der Waals surface area (Å²) in [5.41, 5.74) is 10.9. The summed E-state index contributed by atoms with van der Waals surface area (Å²) in [4.78, 5) is 43.9. The number of aromatic nitrogens is 4. The maximum Gasteiger partial charge on any atom is 0.333 e. The number of nitrogens with two attached hydrogens (primary N) is 1. The molecule has 48 heavy (non-hydrogen) atoms. The van der Waals surface area contributed by atoms with Crippen LogP contribution in [0.5, 0.6) is 5.75 Å². The maximum absolute atomic E-state index is 14.3. The number of carbonyl (C=O) groups excluding carboxylic acids is 2. The minimum Gasteiger partial charge on any atom is -0.490 e. The van der Waals surface area contributed by atoms with Crippen molar-refractivity contribution >= 4 is 33.4 Å². The summed E-state index contributed by atoms with van der Waals surface area (Å²) >= 11 is 3.51. The first-order chi connectivity index (χ1) is 23.2. The van der Waals surface area contributed by atoms with Gasteiger partial charge in [0.25, 0.3) is 11.8 Å². The minimum atomic E-state index is -0.450. The number of nitrogens with one attached hydrogen (secondary N) is 1. The standard InChI is InChI=1S/C36H34BrN7O4/c1-21-15-23(7-14-30(21)37)35(46)42-20-32-33(34(45)39-17-24-5-3-4-6-29(24)31-16-25(38)18-40-41-31)44(36(47)43(32)19-22(42)2)26-8-10-27(11-9-26)48-28-12-13-28/h3-11,14-16,18,22,28H,12-13,17,19-20H2,1-2H3,(H2,38,41)(H,39,45)/t22-/m1/s1. The van der Waals surface area contributed by atoms with Gasteiger partial charge in [0.1, 0.15) is 11.4 Å². The summed E-state index contributed by atoms with van der Waals surface area (Å²) < 4.78 is 9.88. The molecule has 11 nitrogen and oxygen atoms in total. The Bertz CT molecular complexity index is 2100. The lowest BCUT2D eigenvalue weighted by Gasteiger charge is -2.34. The van der Waals surface area contributed by atoms with Gasteiger partial charge in [-0.2, -0.15) is 10.2 Å². The van der Waals surface area contributed by atoms with Crippen LogP contribution >= 0.6 is 15.9 Å². The third-order valence-electron chi connectivity index (χ3n) is 8.76. The second-order valence-electron chi connectivity index (χ2n) is 12.3. The van der Waals surface area contributed by atoms with Crippen LogP contribution in [0.15, 0.2) is 88.3 Å². The zero-order chi connectivity index (χ0) is 33.5. The van der Waals surface area contributed by atoms with Gasteiger partial charge >= 0.3 is 5.69 Å². The first-order valence-electron chi connectivity index (χ1n) is 15.8. The van der Waals surface area contributed by atoms with Crippen LogP contribution in [0.2, 0.25) is 0 Å². The zero-order valence-corrected chi connectivity index (χ0v) is 28.1. The molecule has 1 aliphatic carbocycles. The van der Waals surface area contributed by atoms with E-state index in [2.05, 4.69) is 31.4 Å². The lowest BCUT2D eigenvalue weighted by Crippen LogP contribution is -2.47. The molecule has 2 aromatic heterocycles. The van der Waals surface area contributed by atoms with Crippen LogP contribution in [0.3, 0.4) is 0 Å². The molecule has 2 aliphatic rings. The first kappa shape index (κ1) is 31.4. The third kappa shape index (κ3) is 6.11. The summed E-state index contributed by atoms with van der Waals surface area (Å²) in [5.74, 6) is 0.0874. The number of fused-ring (bicyclic) bond motifs is 1. The van der Waals surface area contributed by atoms with Crippen LogP contribution in [0.4, 0.5) is 5.69 Å². The number of halogens is 1. The molecule has 1 fully saturated rings. The van der Waals surface area contributed by atoms with E-state index >= 15 is 0 Å². The SMILES string of the molecule is Cc1cc(C(=O)N2Cc3c(C(=O)NCc4ccccc4-c4cc(N)cnn4)n(-c4ccc(OC5CC5)cc4)c(=O)n3C[C@H]2C)ccc1Br. The molecule has 3 aromatic carbocycles. The molecular weight excluding hydrogens is 674 g/mol. The number of aryl methyl sites for hydroxylation is 1. The summed E-state index contributed by atoms with van der Waals surface area (Å²) in [5, 5.41) is 11.2. The highest BCUT2D eigenvalue weighted by Crippen LogP contribution is 2.29. The van der Waals surface area contributed by atoms with Gasteiger partial charge in [0.2, 0.25) is 0 Å². The fourth-order valence-electron chi connectivity index (χ4n) is 6.05. The number of carbonyl (C=O) groups is 2. The normalized spacial score (nSPS) is 15.6. The number of nitrogen functional groups attached to an aromatic ring is 1. The average Bonchev–Trinajstić information content (AvgIpc) is 3.86. The van der Waals surface area contributed by atoms with Gasteiger partial charge in [-0.1, -0.05) is 40.2 Å². The van der Waals surface area contributed by atoms with Gasteiger partial charge in [-0.15, -0.1) is 0 Å². The van der Waals surface area contributed by atoms with Gasteiger partial charge in [0, 0.05) is 34.7 Å². The molecule has 5 aromatic rings. The van der Waals surface area contributed by atoms with E-state index in [-0.39, 0.29) is 49.1 Å². The summed E-state index contributed by atoms with van der Waals surface area (Å²) in [6.07, 6.45) is 3.75. The molecule has 12 heteroatoms. The first-order valence-corrected chi connectivity index (χ1v) is 16.6. The second kappa shape index (κ2) is 12.8. The molecule has 0 spiro atoms. The zero-order valence-electron chi connectivity index (χ0n) is 26.5. The molecule has 244 valence electrons. The molecule has 1 saturated carbocycles. The topological polar surface area (TPSA) is 137 Å². The second-order valence-corrected chi connectivity index (χ2v) is 13.1. The maximum atomic E-state index is 14.3. The lowest BCUT2D eigenvalue weighted by molar-refractivity contribution is 0.0610. The summed E-state index contributed by atoms with van der Waals surface area (Å²) in [7, 11) is 0. The van der Waals surface area contributed by atoms with E-state index in [4.69, 9.17) is 10.5 Å². The van der Waals surface area contributed by atoms with Gasteiger partial charge in [-0.3, -0.25) is 18.7 Å². The Morgan fingerprint density at radius 2 is 1.83 bits per heavy atom. The van der Waals surface area contributed by atoms with E-state index < -0.39 is 5.91 Å². The van der Waals surface area contributed by atoms with Crippen LogP contribution < -0.4 is 21.5 Å². The van der Waals surface area contributed by atoms with Crippen molar-refractivity contribution in [3.63, 3.8) is 0 Å². The van der Waals surface area contributed by atoms with E-state index in [9.17, 15) is 14.4 Å². The average molecular weight is 709 g/mol. The molecule has 0 bridgehead atoms. The van der Waals surface area contributed by atoms with Crippen LogP contribution in [0, 0.1) is 6.92 Å².